The molecule has 0 radical (unpaired) electrons. The van der Waals surface area contributed by atoms with Gasteiger partial charge in [0.25, 0.3) is 0 Å². The summed E-state index contributed by atoms with van der Waals surface area (Å²) in [6, 6.07) is 11.5. The number of rotatable bonds is 5. The van der Waals surface area contributed by atoms with Crippen LogP contribution in [0.25, 0.3) is 0 Å². The van der Waals surface area contributed by atoms with Gasteiger partial charge < -0.3 is 14.4 Å². The summed E-state index contributed by atoms with van der Waals surface area (Å²) in [4.78, 5) is 19.4. The highest BCUT2D eigenvalue weighted by Gasteiger charge is 2.34. The Hall–Kier alpha value is -2.56. The summed E-state index contributed by atoms with van der Waals surface area (Å²) in [5.41, 5.74) is 1.14. The molecule has 0 saturated carbocycles. The van der Waals surface area contributed by atoms with Crippen molar-refractivity contribution in [3.05, 3.63) is 53.9 Å². The van der Waals surface area contributed by atoms with Crippen LogP contribution in [0.3, 0.4) is 0 Å². The molecule has 0 bridgehead atoms. The fraction of sp³-hybridized carbons (Fsp3) is 0.400. The highest BCUT2D eigenvalue weighted by atomic mass is 16.6. The molecular formula is C20H24N2O3. The second-order valence-corrected chi connectivity index (χ2v) is 6.62. The minimum absolute atomic E-state index is 0.0670. The number of likely N-dealkylation sites (N-methyl/N-ethyl adjacent to an activating group) is 1. The minimum atomic E-state index is -0.666. The Morgan fingerprint density at radius 3 is 2.60 bits per heavy atom. The van der Waals surface area contributed by atoms with E-state index in [1.54, 1.807) is 6.20 Å². The Morgan fingerprint density at radius 1 is 1.16 bits per heavy atom. The van der Waals surface area contributed by atoms with E-state index in [0.717, 1.165) is 17.0 Å². The second-order valence-electron chi connectivity index (χ2n) is 6.62. The molecule has 25 heavy (non-hydrogen) atoms. The number of ether oxygens (including phenoxy) is 2. The first kappa shape index (κ1) is 17.3. The first-order valence-electron chi connectivity index (χ1n) is 8.61. The van der Waals surface area contributed by atoms with Crippen LogP contribution in [0.1, 0.15) is 32.0 Å². The lowest BCUT2D eigenvalue weighted by atomic mass is 9.82. The summed E-state index contributed by atoms with van der Waals surface area (Å²) < 4.78 is 11.2. The van der Waals surface area contributed by atoms with Crippen molar-refractivity contribution in [1.29, 1.82) is 0 Å². The molecule has 2 aromatic rings. The largest absolute Gasteiger partial charge is 0.486 e. The van der Waals surface area contributed by atoms with E-state index in [0.29, 0.717) is 32.1 Å². The third-order valence-corrected chi connectivity index (χ3v) is 4.55. The second kappa shape index (κ2) is 7.13. The molecule has 0 unspecified atom stereocenters. The molecule has 1 aliphatic heterocycles. The molecule has 1 aromatic carbocycles. The number of amides is 1. The SMILES string of the molecule is CCN(Cc1ccccn1)C(=O)C(C)(C)c1ccc2c(c1)OCCO2. The van der Waals surface area contributed by atoms with Gasteiger partial charge in [0.05, 0.1) is 17.7 Å². The van der Waals surface area contributed by atoms with E-state index in [2.05, 4.69) is 4.98 Å². The molecule has 3 rings (SSSR count). The zero-order valence-corrected chi connectivity index (χ0v) is 15.0. The van der Waals surface area contributed by atoms with E-state index in [9.17, 15) is 4.79 Å². The minimum Gasteiger partial charge on any atom is -0.486 e. The van der Waals surface area contributed by atoms with Gasteiger partial charge in [-0.2, -0.15) is 0 Å². The maximum Gasteiger partial charge on any atom is 0.233 e. The van der Waals surface area contributed by atoms with E-state index in [-0.39, 0.29) is 5.91 Å². The molecule has 1 aliphatic rings. The Bertz CT molecular complexity index is 744. The van der Waals surface area contributed by atoms with Crippen LogP contribution in [-0.2, 0) is 16.8 Å². The fourth-order valence-corrected chi connectivity index (χ4v) is 2.97. The molecule has 0 saturated heterocycles. The Balaban J connectivity index is 1.83. The molecule has 0 aliphatic carbocycles. The van der Waals surface area contributed by atoms with E-state index in [1.165, 1.54) is 0 Å². The van der Waals surface area contributed by atoms with Crippen LogP contribution in [-0.4, -0.2) is 35.5 Å². The van der Waals surface area contributed by atoms with Crippen LogP contribution in [0.15, 0.2) is 42.6 Å². The summed E-state index contributed by atoms with van der Waals surface area (Å²) >= 11 is 0. The summed E-state index contributed by atoms with van der Waals surface area (Å²) in [6.07, 6.45) is 1.75. The summed E-state index contributed by atoms with van der Waals surface area (Å²) in [6.45, 7) is 8.10. The average molecular weight is 340 g/mol. The molecule has 0 atom stereocenters. The third kappa shape index (κ3) is 3.60. The van der Waals surface area contributed by atoms with Gasteiger partial charge in [-0.1, -0.05) is 12.1 Å². The Kier molecular flexibility index (Phi) is 4.93. The quantitative estimate of drug-likeness (QED) is 0.839. The van der Waals surface area contributed by atoms with Gasteiger partial charge in [-0.25, -0.2) is 0 Å². The normalized spacial score (nSPS) is 13.4. The molecule has 0 spiro atoms. The van der Waals surface area contributed by atoms with Crippen LogP contribution in [0.2, 0.25) is 0 Å². The van der Waals surface area contributed by atoms with Gasteiger partial charge in [0.2, 0.25) is 5.91 Å². The number of fused-ring (bicyclic) bond motifs is 1. The zero-order chi connectivity index (χ0) is 17.9. The zero-order valence-electron chi connectivity index (χ0n) is 15.0. The number of aromatic nitrogens is 1. The predicted octanol–water partition coefficient (Wildman–Crippen LogP) is 3.18. The average Bonchev–Trinajstić information content (AvgIpc) is 2.66. The monoisotopic (exact) mass is 340 g/mol. The number of nitrogens with zero attached hydrogens (tertiary/aromatic N) is 2. The predicted molar refractivity (Wildman–Crippen MR) is 95.8 cm³/mol. The number of hydrogen-bond donors (Lipinski definition) is 0. The van der Waals surface area contributed by atoms with Gasteiger partial charge in [-0.3, -0.25) is 9.78 Å². The first-order chi connectivity index (χ1) is 12.0. The van der Waals surface area contributed by atoms with E-state index in [4.69, 9.17) is 9.47 Å². The van der Waals surface area contributed by atoms with Crippen LogP contribution < -0.4 is 9.47 Å². The van der Waals surface area contributed by atoms with Gasteiger partial charge in [0, 0.05) is 12.7 Å². The van der Waals surface area contributed by atoms with Crippen LogP contribution in [0.5, 0.6) is 11.5 Å². The van der Waals surface area contributed by atoms with Crippen molar-refractivity contribution in [1.82, 2.24) is 9.88 Å². The van der Waals surface area contributed by atoms with Crippen LogP contribution in [0.4, 0.5) is 0 Å². The van der Waals surface area contributed by atoms with E-state index in [1.807, 2.05) is 62.1 Å². The fourth-order valence-electron chi connectivity index (χ4n) is 2.97. The van der Waals surface area contributed by atoms with Crippen molar-refractivity contribution >= 4 is 5.91 Å². The maximum absolute atomic E-state index is 13.2. The summed E-state index contributed by atoms with van der Waals surface area (Å²) in [5.74, 6) is 1.51. The number of pyridine rings is 1. The Morgan fingerprint density at radius 2 is 1.92 bits per heavy atom. The van der Waals surface area contributed by atoms with Crippen molar-refractivity contribution in [2.45, 2.75) is 32.7 Å². The molecule has 1 aromatic heterocycles. The van der Waals surface area contributed by atoms with E-state index < -0.39 is 5.41 Å². The van der Waals surface area contributed by atoms with E-state index >= 15 is 0 Å². The summed E-state index contributed by atoms with van der Waals surface area (Å²) in [7, 11) is 0. The van der Waals surface area contributed by atoms with Gasteiger partial charge in [-0.05, 0) is 50.6 Å². The number of hydrogen-bond acceptors (Lipinski definition) is 4. The third-order valence-electron chi connectivity index (χ3n) is 4.55. The van der Waals surface area contributed by atoms with Crippen LogP contribution in [0, 0.1) is 0 Å². The molecular weight excluding hydrogens is 316 g/mol. The lowest BCUT2D eigenvalue weighted by molar-refractivity contribution is -0.136. The molecule has 2 heterocycles. The highest BCUT2D eigenvalue weighted by Crippen LogP contribution is 2.36. The maximum atomic E-state index is 13.2. The smallest absolute Gasteiger partial charge is 0.233 e. The number of carbonyl (C=O) groups is 1. The van der Waals surface area contributed by atoms with Gasteiger partial charge in [-0.15, -0.1) is 0 Å². The van der Waals surface area contributed by atoms with Crippen LogP contribution >= 0.6 is 0 Å². The molecule has 0 N–H and O–H groups in total. The van der Waals surface area contributed by atoms with Crippen molar-refractivity contribution in [2.24, 2.45) is 0 Å². The molecule has 0 fully saturated rings. The molecule has 5 heteroatoms. The lowest BCUT2D eigenvalue weighted by Gasteiger charge is -2.32. The highest BCUT2D eigenvalue weighted by molar-refractivity contribution is 5.87. The first-order valence-corrected chi connectivity index (χ1v) is 8.61. The number of carbonyl (C=O) groups excluding carboxylic acids is 1. The molecule has 5 nitrogen and oxygen atoms in total. The van der Waals surface area contributed by atoms with Crippen molar-refractivity contribution in [3.63, 3.8) is 0 Å². The lowest BCUT2D eigenvalue weighted by Crippen LogP contribution is -2.43. The standard InChI is InChI=1S/C20H24N2O3/c1-4-22(14-16-7-5-6-10-21-16)19(23)20(2,3)15-8-9-17-18(13-15)25-12-11-24-17/h5-10,13H,4,11-12,14H2,1-3H3. The van der Waals surface area contributed by atoms with Gasteiger partial charge >= 0.3 is 0 Å². The molecule has 132 valence electrons. The van der Waals surface area contributed by atoms with Crippen molar-refractivity contribution in [3.8, 4) is 11.5 Å². The van der Waals surface area contributed by atoms with Gasteiger partial charge in [0.1, 0.15) is 13.2 Å². The van der Waals surface area contributed by atoms with Crippen molar-refractivity contribution in [2.75, 3.05) is 19.8 Å². The topological polar surface area (TPSA) is 51.7 Å². The Labute approximate surface area is 148 Å². The molecule has 1 amide bonds. The van der Waals surface area contributed by atoms with Crippen molar-refractivity contribution < 1.29 is 14.3 Å². The van der Waals surface area contributed by atoms with Gasteiger partial charge in [0.15, 0.2) is 11.5 Å². The number of benzene rings is 1. The summed E-state index contributed by atoms with van der Waals surface area (Å²) in [5, 5.41) is 0.